The lowest BCUT2D eigenvalue weighted by atomic mass is 10.2. The Morgan fingerprint density at radius 3 is 1.76 bits per heavy atom. The number of nitrogens with one attached hydrogen (secondary N) is 1. The molecule has 1 rings (SSSR count). The highest BCUT2D eigenvalue weighted by Crippen LogP contribution is 2.06. The van der Waals surface area contributed by atoms with Crippen LogP contribution in [-0.2, 0) is 9.53 Å². The zero-order valence-corrected chi connectivity index (χ0v) is 19.2. The van der Waals surface area contributed by atoms with Gasteiger partial charge in [0.1, 0.15) is 0 Å². The molecule has 0 spiro atoms. The lowest BCUT2D eigenvalue weighted by Crippen LogP contribution is -2.52. The number of methoxy groups -OCH3 is 1. The van der Waals surface area contributed by atoms with E-state index in [2.05, 4.69) is 22.0 Å². The summed E-state index contributed by atoms with van der Waals surface area (Å²) < 4.78 is 5.16. The van der Waals surface area contributed by atoms with E-state index in [1.807, 2.05) is 62.3 Å². The number of piperazine rings is 1. The molecule has 0 aromatic rings. The van der Waals surface area contributed by atoms with E-state index < -0.39 is 0 Å². The Labute approximate surface area is 159 Å². The molecule has 0 aliphatic carbocycles. The lowest BCUT2D eigenvalue weighted by molar-refractivity contribution is -0.122. The summed E-state index contributed by atoms with van der Waals surface area (Å²) in [7, 11) is 1.74. The highest BCUT2D eigenvalue weighted by Gasteiger charge is 2.21. The average Bonchev–Trinajstić information content (AvgIpc) is 2.69. The third-order valence-electron chi connectivity index (χ3n) is 3.18. The molecule has 1 saturated heterocycles. The third-order valence-corrected chi connectivity index (χ3v) is 3.18. The molecule has 1 aliphatic rings. The van der Waals surface area contributed by atoms with Crippen LogP contribution in [0.4, 0.5) is 0 Å². The zero-order valence-electron chi connectivity index (χ0n) is 19.2. The van der Waals surface area contributed by atoms with Gasteiger partial charge in [-0.05, 0) is 13.8 Å². The van der Waals surface area contributed by atoms with Crippen molar-refractivity contribution in [3.05, 3.63) is 0 Å². The van der Waals surface area contributed by atoms with Gasteiger partial charge >= 0.3 is 0 Å². The van der Waals surface area contributed by atoms with Crippen molar-refractivity contribution in [3.63, 3.8) is 0 Å². The van der Waals surface area contributed by atoms with Crippen LogP contribution >= 0.6 is 0 Å². The minimum atomic E-state index is 0.130. The van der Waals surface area contributed by atoms with Gasteiger partial charge in [-0.25, -0.2) is 0 Å². The summed E-state index contributed by atoms with van der Waals surface area (Å²) in [5, 5.41) is 2.83. The van der Waals surface area contributed by atoms with Gasteiger partial charge in [-0.15, -0.1) is 0 Å². The van der Waals surface area contributed by atoms with Crippen molar-refractivity contribution in [1.82, 2.24) is 15.1 Å². The van der Waals surface area contributed by atoms with Crippen molar-refractivity contribution < 1.29 is 9.53 Å². The highest BCUT2D eigenvalue weighted by molar-refractivity contribution is 5.77. The van der Waals surface area contributed by atoms with Crippen LogP contribution in [0.15, 0.2) is 0 Å². The van der Waals surface area contributed by atoms with Crippen LogP contribution in [0.3, 0.4) is 0 Å². The maximum atomic E-state index is 11.4. The highest BCUT2D eigenvalue weighted by atomic mass is 16.5. The standard InChI is InChI=1S/C12H25N3O2.4C2H6/c1-4-13-12(16)9-14-5-7-15(8-6-14)11(2)10-17-3;4*1-2/h11H,4-10H2,1-3H3,(H,13,16);4*1-2H3. The largest absolute Gasteiger partial charge is 0.383 e. The smallest absolute Gasteiger partial charge is 0.234 e. The maximum Gasteiger partial charge on any atom is 0.234 e. The molecule has 5 nitrogen and oxygen atoms in total. The fourth-order valence-corrected chi connectivity index (χ4v) is 2.17. The number of nitrogens with zero attached hydrogens (tertiary/aromatic N) is 2. The summed E-state index contributed by atoms with van der Waals surface area (Å²) in [5.74, 6) is 0.130. The Bertz CT molecular complexity index is 231. The summed E-state index contributed by atoms with van der Waals surface area (Å²) in [6.45, 7) is 26.1. The molecule has 1 heterocycles. The molecule has 1 fully saturated rings. The number of carbonyl (C=O) groups is 1. The van der Waals surface area contributed by atoms with Gasteiger partial charge in [-0.3, -0.25) is 14.6 Å². The number of amides is 1. The summed E-state index contributed by atoms with van der Waals surface area (Å²) >= 11 is 0. The topological polar surface area (TPSA) is 44.8 Å². The number of ether oxygens (including phenoxy) is 1. The second-order valence-corrected chi connectivity index (χ2v) is 4.57. The van der Waals surface area contributed by atoms with Gasteiger partial charge in [0.25, 0.3) is 0 Å². The Morgan fingerprint density at radius 1 is 0.960 bits per heavy atom. The molecule has 5 heteroatoms. The van der Waals surface area contributed by atoms with Gasteiger partial charge in [-0.1, -0.05) is 55.4 Å². The van der Waals surface area contributed by atoms with E-state index >= 15 is 0 Å². The van der Waals surface area contributed by atoms with E-state index in [1.54, 1.807) is 7.11 Å². The van der Waals surface area contributed by atoms with Crippen LogP contribution in [0.1, 0.15) is 69.2 Å². The molecule has 1 unspecified atom stereocenters. The quantitative estimate of drug-likeness (QED) is 0.778. The van der Waals surface area contributed by atoms with Gasteiger partial charge in [0.05, 0.1) is 13.2 Å². The van der Waals surface area contributed by atoms with Crippen molar-refractivity contribution >= 4 is 5.91 Å². The molecule has 1 amide bonds. The first-order valence-corrected chi connectivity index (χ1v) is 10.4. The molecule has 1 N–H and O–H groups in total. The van der Waals surface area contributed by atoms with Crippen molar-refractivity contribution in [2.45, 2.75) is 75.3 Å². The van der Waals surface area contributed by atoms with E-state index in [1.165, 1.54) is 0 Å². The summed E-state index contributed by atoms with van der Waals surface area (Å²) in [4.78, 5) is 16.1. The first-order chi connectivity index (χ1) is 12.2. The van der Waals surface area contributed by atoms with Crippen LogP contribution in [0, 0.1) is 0 Å². The molecule has 0 aromatic carbocycles. The molecule has 0 aromatic heterocycles. The molecule has 156 valence electrons. The lowest BCUT2D eigenvalue weighted by Gasteiger charge is -2.37. The second-order valence-electron chi connectivity index (χ2n) is 4.57. The Kier molecular flexibility index (Phi) is 36.1. The second kappa shape index (κ2) is 28.2. The molecule has 0 saturated carbocycles. The minimum Gasteiger partial charge on any atom is -0.383 e. The van der Waals surface area contributed by atoms with Crippen molar-refractivity contribution in [2.24, 2.45) is 0 Å². The van der Waals surface area contributed by atoms with E-state index in [4.69, 9.17) is 4.74 Å². The molecule has 1 atom stereocenters. The molecule has 1 aliphatic heterocycles. The van der Waals surface area contributed by atoms with Gasteiger partial charge in [0.15, 0.2) is 0 Å². The predicted molar refractivity (Wildman–Crippen MR) is 113 cm³/mol. The summed E-state index contributed by atoms with van der Waals surface area (Å²) in [6.07, 6.45) is 0. The molecular weight excluding hydrogens is 314 g/mol. The predicted octanol–water partition coefficient (Wildman–Crippen LogP) is 3.88. The normalized spacial score (nSPS) is 14.7. The Morgan fingerprint density at radius 2 is 1.40 bits per heavy atom. The minimum absolute atomic E-state index is 0.130. The van der Waals surface area contributed by atoms with E-state index in [0.29, 0.717) is 19.1 Å². The number of carbonyl (C=O) groups excluding carboxylic acids is 1. The van der Waals surface area contributed by atoms with Crippen molar-refractivity contribution in [1.29, 1.82) is 0 Å². The number of hydrogen-bond acceptors (Lipinski definition) is 4. The SMILES string of the molecule is CC.CC.CC.CC.CCNC(=O)CN1CCN(C(C)COC)CC1. The van der Waals surface area contributed by atoms with Crippen LogP contribution in [-0.4, -0.2) is 74.7 Å². The fourth-order valence-electron chi connectivity index (χ4n) is 2.17. The van der Waals surface area contributed by atoms with Crippen molar-refractivity contribution in [2.75, 3.05) is 53.0 Å². The average molecular weight is 364 g/mol. The van der Waals surface area contributed by atoms with Crippen LogP contribution in [0.25, 0.3) is 0 Å². The van der Waals surface area contributed by atoms with Crippen molar-refractivity contribution in [3.8, 4) is 0 Å². The number of likely N-dealkylation sites (N-methyl/N-ethyl adjacent to an activating group) is 1. The monoisotopic (exact) mass is 363 g/mol. The van der Waals surface area contributed by atoms with Gasteiger partial charge < -0.3 is 10.1 Å². The zero-order chi connectivity index (χ0) is 20.7. The Balaban J connectivity index is -0.000000241. The van der Waals surface area contributed by atoms with E-state index in [-0.39, 0.29) is 5.91 Å². The molecule has 25 heavy (non-hydrogen) atoms. The summed E-state index contributed by atoms with van der Waals surface area (Å²) in [6, 6.07) is 0.464. The summed E-state index contributed by atoms with van der Waals surface area (Å²) in [5.41, 5.74) is 0. The van der Waals surface area contributed by atoms with Gasteiger partial charge in [0, 0.05) is 45.9 Å². The molecule has 0 bridgehead atoms. The number of hydrogen-bond donors (Lipinski definition) is 1. The maximum absolute atomic E-state index is 11.4. The Hall–Kier alpha value is -0.650. The van der Waals surface area contributed by atoms with E-state index in [0.717, 1.165) is 32.8 Å². The van der Waals surface area contributed by atoms with E-state index in [9.17, 15) is 4.79 Å². The van der Waals surface area contributed by atoms with Crippen LogP contribution in [0.2, 0.25) is 0 Å². The number of rotatable bonds is 6. The van der Waals surface area contributed by atoms with Crippen LogP contribution < -0.4 is 5.32 Å². The van der Waals surface area contributed by atoms with Gasteiger partial charge in [0.2, 0.25) is 5.91 Å². The fraction of sp³-hybridized carbons (Fsp3) is 0.950. The van der Waals surface area contributed by atoms with Gasteiger partial charge in [-0.2, -0.15) is 0 Å². The molecule has 0 radical (unpaired) electrons. The first-order valence-electron chi connectivity index (χ1n) is 10.4. The first kappa shape index (κ1) is 32.1. The molecular formula is C20H49N3O2. The third kappa shape index (κ3) is 19.5. The van der Waals surface area contributed by atoms with Crippen LogP contribution in [0.5, 0.6) is 0 Å².